The Kier molecular flexibility index (Phi) is 8.18. The number of piperazine rings is 1. The van der Waals surface area contributed by atoms with E-state index >= 15 is 0 Å². The predicted molar refractivity (Wildman–Crippen MR) is 164 cm³/mol. The van der Waals surface area contributed by atoms with Crippen LogP contribution in [0.15, 0.2) is 67.0 Å². The minimum atomic E-state index is -0.960. The van der Waals surface area contributed by atoms with Crippen molar-refractivity contribution in [2.45, 2.75) is 19.1 Å². The fourth-order valence-electron chi connectivity index (χ4n) is 5.56. The maximum Gasteiger partial charge on any atom is 0.298 e. The Morgan fingerprint density at radius 1 is 1.11 bits per heavy atom. The molecule has 4 aromatic rings. The van der Waals surface area contributed by atoms with E-state index in [1.165, 1.54) is 0 Å². The molecule has 2 aliphatic heterocycles. The molecule has 3 N–H and O–H groups in total. The van der Waals surface area contributed by atoms with Gasteiger partial charge in [-0.15, -0.1) is 0 Å². The Morgan fingerprint density at radius 3 is 2.64 bits per heavy atom. The van der Waals surface area contributed by atoms with Crippen LogP contribution in [0.2, 0.25) is 0 Å². The molecule has 0 saturated carbocycles. The summed E-state index contributed by atoms with van der Waals surface area (Å²) >= 11 is 0. The number of nitrogens with zero attached hydrogens (tertiary/aromatic N) is 5. The Bertz CT molecular complexity index is 1660. The second kappa shape index (κ2) is 12.3. The van der Waals surface area contributed by atoms with Crippen molar-refractivity contribution in [3.63, 3.8) is 0 Å². The zero-order chi connectivity index (χ0) is 30.8. The zero-order valence-corrected chi connectivity index (χ0v) is 24.5. The second-order valence-corrected chi connectivity index (χ2v) is 10.9. The average molecular weight is 599 g/mol. The lowest BCUT2D eigenvalue weighted by Gasteiger charge is -2.45. The molecule has 0 radical (unpaired) electrons. The van der Waals surface area contributed by atoms with E-state index in [0.717, 1.165) is 22.5 Å². The van der Waals surface area contributed by atoms with Crippen LogP contribution in [0.3, 0.4) is 0 Å². The Hall–Kier alpha value is -4.94. The molecule has 2 aromatic heterocycles. The van der Waals surface area contributed by atoms with Crippen molar-refractivity contribution in [1.29, 1.82) is 0 Å². The summed E-state index contributed by atoms with van der Waals surface area (Å²) in [6.45, 7) is 3.97. The lowest BCUT2D eigenvalue weighted by Crippen LogP contribution is -2.57. The first-order valence-corrected chi connectivity index (χ1v) is 14.4. The van der Waals surface area contributed by atoms with Crippen LogP contribution in [0.4, 0.5) is 17.3 Å². The highest BCUT2D eigenvalue weighted by molar-refractivity contribution is 6.47. The zero-order valence-electron chi connectivity index (χ0n) is 24.5. The Morgan fingerprint density at radius 2 is 1.89 bits per heavy atom. The lowest BCUT2D eigenvalue weighted by molar-refractivity contribution is -0.112. The number of carbonyl (C=O) groups is 2. The molecule has 0 spiro atoms. The number of hydrogen-bond acceptors (Lipinski definition) is 10. The highest BCUT2D eigenvalue weighted by Crippen LogP contribution is 2.38. The molecular formula is C32H34N6O6. The van der Waals surface area contributed by atoms with Crippen molar-refractivity contribution in [2.75, 3.05) is 54.6 Å². The summed E-state index contributed by atoms with van der Waals surface area (Å²) in [5.41, 5.74) is 4.21. The van der Waals surface area contributed by atoms with Crippen molar-refractivity contribution >= 4 is 29.0 Å². The molecule has 1 amide bonds. The third kappa shape index (κ3) is 5.81. The molecule has 2 aromatic carbocycles. The number of aliphatic hydroxyl groups is 2. The highest BCUT2D eigenvalue weighted by atomic mass is 16.5. The van der Waals surface area contributed by atoms with Crippen LogP contribution in [0.1, 0.15) is 16.2 Å². The van der Waals surface area contributed by atoms with Gasteiger partial charge in [-0.25, -0.2) is 9.97 Å². The normalized spacial score (nSPS) is 16.4. The monoisotopic (exact) mass is 598 g/mol. The molecule has 1 saturated heterocycles. The Balaban J connectivity index is 1.11. The van der Waals surface area contributed by atoms with E-state index in [1.807, 2.05) is 49.4 Å². The van der Waals surface area contributed by atoms with Crippen molar-refractivity contribution in [3.8, 4) is 22.6 Å². The molecule has 0 bridgehead atoms. The highest BCUT2D eigenvalue weighted by Gasteiger charge is 2.34. The number of hydrogen-bond donors (Lipinski definition) is 3. The number of aryl methyl sites for hydroxylation is 1. The van der Waals surface area contributed by atoms with Crippen LogP contribution in [0.25, 0.3) is 11.1 Å². The smallest absolute Gasteiger partial charge is 0.298 e. The number of benzene rings is 2. The van der Waals surface area contributed by atoms with Gasteiger partial charge in [0.2, 0.25) is 5.95 Å². The lowest BCUT2D eigenvalue weighted by atomic mass is 10.0. The van der Waals surface area contributed by atoms with E-state index < -0.39 is 17.8 Å². The fourth-order valence-corrected chi connectivity index (χ4v) is 5.56. The molecule has 1 fully saturated rings. The number of rotatable bonds is 9. The van der Waals surface area contributed by atoms with E-state index in [9.17, 15) is 14.7 Å². The van der Waals surface area contributed by atoms with Crippen molar-refractivity contribution in [2.24, 2.45) is 7.05 Å². The van der Waals surface area contributed by atoms with Crippen molar-refractivity contribution < 1.29 is 29.3 Å². The van der Waals surface area contributed by atoms with Gasteiger partial charge in [-0.3, -0.25) is 9.59 Å². The van der Waals surface area contributed by atoms with Crippen molar-refractivity contribution in [3.05, 3.63) is 78.4 Å². The molecule has 6 rings (SSSR count). The first kappa shape index (κ1) is 29.1. The van der Waals surface area contributed by atoms with Crippen LogP contribution in [-0.4, -0.2) is 88.0 Å². The number of aliphatic hydroxyl groups excluding tert-OH is 2. The van der Waals surface area contributed by atoms with Crippen LogP contribution in [-0.2, 0) is 11.8 Å². The molecule has 4 heterocycles. The predicted octanol–water partition coefficient (Wildman–Crippen LogP) is 2.43. The number of ketones is 1. The molecule has 12 heteroatoms. The molecule has 0 aliphatic carbocycles. The fraction of sp³-hybridized carbons (Fsp3) is 0.312. The number of amides is 1. The molecule has 2 atom stereocenters. The summed E-state index contributed by atoms with van der Waals surface area (Å²) in [6, 6.07) is 17.0. The molecular weight excluding hydrogens is 564 g/mol. The second-order valence-electron chi connectivity index (χ2n) is 10.9. The van der Waals surface area contributed by atoms with Crippen LogP contribution in [0.5, 0.6) is 11.5 Å². The number of Topliss-reactive ketones (excluding diaryl/α,β-unsaturated/α-hetero) is 1. The number of anilines is 3. The summed E-state index contributed by atoms with van der Waals surface area (Å²) in [6.07, 6.45) is 2.14. The Labute approximate surface area is 254 Å². The molecule has 1 unspecified atom stereocenters. The number of aromatic nitrogens is 3. The number of nitrogens with one attached hydrogen (secondary N) is 1. The maximum absolute atomic E-state index is 13.4. The van der Waals surface area contributed by atoms with Gasteiger partial charge in [-0.05, 0) is 30.7 Å². The van der Waals surface area contributed by atoms with Gasteiger partial charge in [0, 0.05) is 49.7 Å². The number of fused-ring (bicyclic) bond motifs is 3. The quantitative estimate of drug-likeness (QED) is 0.194. The van der Waals surface area contributed by atoms with Gasteiger partial charge in [-0.1, -0.05) is 30.3 Å². The maximum atomic E-state index is 13.4. The van der Waals surface area contributed by atoms with E-state index in [4.69, 9.17) is 14.6 Å². The summed E-state index contributed by atoms with van der Waals surface area (Å²) in [7, 11) is 1.79. The largest absolute Gasteiger partial charge is 0.489 e. The standard InChI is InChI=1S/C32H34N6O6/c1-20-12-26(21-6-4-3-5-7-21)29(36(20)2)30(41)31(42)35-22-8-9-27-28(13-22)44-18-23-16-37(10-11-38(23)27)32-33-14-25(15-34-32)43-19-24(40)17-39/h3-9,12-15,23-24,39-40H,10-11,16-19H2,1-2H3,(H,35,42)/t23-,24?/m1/s1. The van der Waals surface area contributed by atoms with Crippen LogP contribution < -0.4 is 24.6 Å². The van der Waals surface area contributed by atoms with E-state index in [1.54, 1.807) is 36.1 Å². The van der Waals surface area contributed by atoms with Crippen LogP contribution in [0, 0.1) is 6.92 Å². The minimum Gasteiger partial charge on any atom is -0.489 e. The van der Waals surface area contributed by atoms with Crippen LogP contribution >= 0.6 is 0 Å². The number of ether oxygens (including phenoxy) is 2. The van der Waals surface area contributed by atoms with Gasteiger partial charge < -0.3 is 39.4 Å². The van der Waals surface area contributed by atoms with Gasteiger partial charge in [0.1, 0.15) is 30.8 Å². The van der Waals surface area contributed by atoms with Gasteiger partial charge in [0.15, 0.2) is 5.75 Å². The third-order valence-corrected chi connectivity index (χ3v) is 7.97. The minimum absolute atomic E-state index is 0.0415. The average Bonchev–Trinajstić information content (AvgIpc) is 3.36. The first-order chi connectivity index (χ1) is 21.3. The first-order valence-electron chi connectivity index (χ1n) is 14.4. The van der Waals surface area contributed by atoms with Crippen molar-refractivity contribution in [1.82, 2.24) is 14.5 Å². The topological polar surface area (TPSA) is 142 Å². The van der Waals surface area contributed by atoms with Gasteiger partial charge >= 0.3 is 0 Å². The van der Waals surface area contributed by atoms with E-state index in [0.29, 0.717) is 55.1 Å². The summed E-state index contributed by atoms with van der Waals surface area (Å²) in [5, 5.41) is 21.2. The third-order valence-electron chi connectivity index (χ3n) is 7.97. The SMILES string of the molecule is Cc1cc(-c2ccccc2)c(C(=O)C(=O)Nc2ccc3c(c2)OC[C@H]2CN(c4ncc(OCC(O)CO)cn4)CCN32)n1C. The van der Waals surface area contributed by atoms with Gasteiger partial charge in [-0.2, -0.15) is 0 Å². The van der Waals surface area contributed by atoms with Gasteiger partial charge in [0.25, 0.3) is 11.7 Å². The summed E-state index contributed by atoms with van der Waals surface area (Å²) in [4.78, 5) is 39.7. The molecule has 228 valence electrons. The number of carbonyl (C=O) groups excluding carboxylic acids is 2. The van der Waals surface area contributed by atoms with E-state index in [-0.39, 0.29) is 19.3 Å². The van der Waals surface area contributed by atoms with E-state index in [2.05, 4.69) is 25.1 Å². The molecule has 44 heavy (non-hydrogen) atoms. The molecule has 12 nitrogen and oxygen atoms in total. The van der Waals surface area contributed by atoms with Gasteiger partial charge in [0.05, 0.1) is 30.7 Å². The molecule has 2 aliphatic rings. The summed E-state index contributed by atoms with van der Waals surface area (Å²) < 4.78 is 13.3. The summed E-state index contributed by atoms with van der Waals surface area (Å²) in [5.74, 6) is 0.291.